The van der Waals surface area contributed by atoms with E-state index in [1.807, 2.05) is 32.9 Å². The predicted octanol–water partition coefficient (Wildman–Crippen LogP) is 4.24. The highest BCUT2D eigenvalue weighted by molar-refractivity contribution is 7.99. The average Bonchev–Trinajstić information content (AvgIpc) is 2.80. The fraction of sp³-hybridized carbons (Fsp3) is 0.364. The van der Waals surface area contributed by atoms with Crippen LogP contribution in [0.4, 0.5) is 5.95 Å². The van der Waals surface area contributed by atoms with Crippen molar-refractivity contribution in [2.45, 2.75) is 39.1 Å². The van der Waals surface area contributed by atoms with E-state index in [2.05, 4.69) is 31.8 Å². The molecule has 166 valence electrons. The van der Waals surface area contributed by atoms with Gasteiger partial charge in [-0.1, -0.05) is 50.7 Å². The molecule has 0 radical (unpaired) electrons. The van der Waals surface area contributed by atoms with Gasteiger partial charge in [0.15, 0.2) is 11.0 Å². The number of nitrogens with zero attached hydrogens (tertiary/aromatic N) is 3. The van der Waals surface area contributed by atoms with Crippen LogP contribution in [-0.4, -0.2) is 41.4 Å². The molecule has 8 nitrogen and oxygen atoms in total. The number of rotatable bonds is 5. The minimum Gasteiger partial charge on any atom is -0.496 e. The molecule has 1 aromatic heterocycles. The van der Waals surface area contributed by atoms with Crippen LogP contribution in [0.3, 0.4) is 0 Å². The quantitative estimate of drug-likeness (QED) is 0.456. The molecule has 2 N–H and O–H groups in total. The van der Waals surface area contributed by atoms with Gasteiger partial charge in [-0.25, -0.2) is 4.98 Å². The van der Waals surface area contributed by atoms with E-state index < -0.39 is 0 Å². The first kappa shape index (κ1) is 24.4. The van der Waals surface area contributed by atoms with Gasteiger partial charge in [-0.2, -0.15) is 9.97 Å². The molecule has 2 heterocycles. The second-order valence-corrected chi connectivity index (χ2v) is 7.24. The van der Waals surface area contributed by atoms with Crippen molar-refractivity contribution in [3.8, 4) is 17.1 Å². The van der Waals surface area contributed by atoms with Gasteiger partial charge < -0.3 is 19.9 Å². The van der Waals surface area contributed by atoms with Crippen molar-refractivity contribution < 1.29 is 19.0 Å². The molecule has 0 amide bonds. The summed E-state index contributed by atoms with van der Waals surface area (Å²) in [7, 11) is 2.96. The molecule has 0 saturated heterocycles. The maximum Gasteiger partial charge on any atom is 0.292 e. The maximum atomic E-state index is 8.95. The van der Waals surface area contributed by atoms with Crippen molar-refractivity contribution in [2.24, 2.45) is 0 Å². The molecule has 0 bridgehead atoms. The van der Waals surface area contributed by atoms with Crippen molar-refractivity contribution in [3.63, 3.8) is 0 Å². The van der Waals surface area contributed by atoms with Gasteiger partial charge in [0.2, 0.25) is 5.95 Å². The van der Waals surface area contributed by atoms with Gasteiger partial charge in [0.1, 0.15) is 5.75 Å². The number of hydrogen-bond acceptors (Lipinski definition) is 9. The third-order valence-electron chi connectivity index (χ3n) is 4.25. The van der Waals surface area contributed by atoms with E-state index >= 15 is 0 Å². The molecule has 4 rings (SSSR count). The second-order valence-electron chi connectivity index (χ2n) is 6.01. The fourth-order valence-corrected chi connectivity index (χ4v) is 3.76. The summed E-state index contributed by atoms with van der Waals surface area (Å²) in [4.78, 5) is 22.1. The average molecular weight is 445 g/mol. The largest absolute Gasteiger partial charge is 0.496 e. The Bertz CT molecular complexity index is 1030. The predicted molar refractivity (Wildman–Crippen MR) is 123 cm³/mol. The van der Waals surface area contributed by atoms with E-state index in [-0.39, 0.29) is 5.95 Å². The van der Waals surface area contributed by atoms with Crippen LogP contribution in [-0.2, 0) is 27.5 Å². The van der Waals surface area contributed by atoms with Crippen molar-refractivity contribution in [2.75, 3.05) is 25.7 Å². The van der Waals surface area contributed by atoms with Gasteiger partial charge in [0, 0.05) is 0 Å². The lowest BCUT2D eigenvalue weighted by Gasteiger charge is -2.21. The highest BCUT2D eigenvalue weighted by Gasteiger charge is 2.22. The summed E-state index contributed by atoms with van der Waals surface area (Å²) in [6, 6.07) is 8.18. The molecular weight excluding hydrogens is 416 g/mol. The standard InChI is InChI=1S/C18H18N4O2S.C2H4O2.C2H6/c1-3-25-18-21-16(20-17(19)22-18)15-12-6-4-5-10-8-24-9-11(14(10)12)7-13(15)23-2;1-4-2-3;1-2/h4-7H,3,8-9H2,1-2H3,(H2,19,20,21,22);2H,1H3;1-2H3. The Hall–Kier alpha value is -2.91. The van der Waals surface area contributed by atoms with Crippen molar-refractivity contribution in [3.05, 3.63) is 35.4 Å². The molecule has 1 aliphatic rings. The lowest BCUT2D eigenvalue weighted by molar-refractivity contribution is -0.126. The lowest BCUT2D eigenvalue weighted by Crippen LogP contribution is -2.07. The topological polar surface area (TPSA) is 109 Å². The highest BCUT2D eigenvalue weighted by Crippen LogP contribution is 2.41. The molecule has 0 saturated carbocycles. The van der Waals surface area contributed by atoms with Gasteiger partial charge >= 0.3 is 0 Å². The summed E-state index contributed by atoms with van der Waals surface area (Å²) in [5.74, 6) is 2.33. The number of carbonyl (C=O) groups excluding carboxylic acids is 1. The van der Waals surface area contributed by atoms with Gasteiger partial charge in [-0.05, 0) is 33.7 Å². The van der Waals surface area contributed by atoms with Crippen molar-refractivity contribution >= 4 is 35.0 Å². The molecular formula is C22H28N4O4S. The van der Waals surface area contributed by atoms with Crippen LogP contribution < -0.4 is 10.5 Å². The summed E-state index contributed by atoms with van der Waals surface area (Å²) in [6.45, 7) is 7.60. The molecule has 3 aromatic rings. The number of hydrogen-bond donors (Lipinski definition) is 1. The zero-order valence-corrected chi connectivity index (χ0v) is 19.3. The monoisotopic (exact) mass is 444 g/mol. The van der Waals surface area contributed by atoms with E-state index in [4.69, 9.17) is 20.0 Å². The third-order valence-corrected chi connectivity index (χ3v) is 4.98. The number of nitrogen functional groups attached to an aromatic ring is 1. The van der Waals surface area contributed by atoms with Gasteiger partial charge in [0.25, 0.3) is 6.47 Å². The summed E-state index contributed by atoms with van der Waals surface area (Å²) in [5, 5.41) is 2.86. The van der Waals surface area contributed by atoms with Crippen LogP contribution in [0.5, 0.6) is 5.75 Å². The maximum absolute atomic E-state index is 8.95. The Labute approximate surface area is 186 Å². The number of benzene rings is 2. The summed E-state index contributed by atoms with van der Waals surface area (Å²) >= 11 is 1.54. The van der Waals surface area contributed by atoms with Gasteiger partial charge in [-0.15, -0.1) is 0 Å². The Morgan fingerprint density at radius 1 is 1.16 bits per heavy atom. The van der Waals surface area contributed by atoms with Crippen LogP contribution in [0.2, 0.25) is 0 Å². The first-order valence-electron chi connectivity index (χ1n) is 9.93. The molecule has 2 aromatic carbocycles. The number of nitrogens with two attached hydrogens (primary N) is 1. The molecule has 0 aliphatic carbocycles. The second kappa shape index (κ2) is 12.1. The summed E-state index contributed by atoms with van der Waals surface area (Å²) in [6.07, 6.45) is 0. The molecule has 9 heteroatoms. The summed E-state index contributed by atoms with van der Waals surface area (Å²) < 4.78 is 15.2. The first-order valence-corrected chi connectivity index (χ1v) is 10.9. The number of thioether (sulfide) groups is 1. The van der Waals surface area contributed by atoms with Crippen LogP contribution in [0.1, 0.15) is 31.9 Å². The summed E-state index contributed by atoms with van der Waals surface area (Å²) in [5.41, 5.74) is 9.04. The fourth-order valence-electron chi connectivity index (χ4n) is 3.20. The minimum absolute atomic E-state index is 0.215. The number of ether oxygens (including phenoxy) is 3. The van der Waals surface area contributed by atoms with E-state index in [9.17, 15) is 0 Å². The van der Waals surface area contributed by atoms with Gasteiger partial charge in [0.05, 0.1) is 33.0 Å². The van der Waals surface area contributed by atoms with E-state index in [0.29, 0.717) is 36.4 Å². The Morgan fingerprint density at radius 2 is 1.87 bits per heavy atom. The number of methoxy groups -OCH3 is 2. The van der Waals surface area contributed by atoms with Crippen LogP contribution in [0.25, 0.3) is 22.2 Å². The zero-order valence-electron chi connectivity index (χ0n) is 18.5. The van der Waals surface area contributed by atoms with Crippen molar-refractivity contribution in [1.82, 2.24) is 15.0 Å². The van der Waals surface area contributed by atoms with E-state index in [1.54, 1.807) is 7.11 Å². The first-order chi connectivity index (χ1) is 15.1. The minimum atomic E-state index is 0.215. The highest BCUT2D eigenvalue weighted by atomic mass is 32.2. The Morgan fingerprint density at radius 3 is 2.52 bits per heavy atom. The normalized spacial score (nSPS) is 11.5. The molecule has 31 heavy (non-hydrogen) atoms. The van der Waals surface area contributed by atoms with Crippen LogP contribution in [0, 0.1) is 0 Å². The smallest absolute Gasteiger partial charge is 0.292 e. The Balaban J connectivity index is 0.000000513. The number of aromatic nitrogens is 3. The van der Waals surface area contributed by atoms with E-state index in [0.717, 1.165) is 27.8 Å². The molecule has 0 spiro atoms. The van der Waals surface area contributed by atoms with Crippen LogP contribution >= 0.6 is 11.8 Å². The molecule has 0 atom stereocenters. The molecule has 0 fully saturated rings. The lowest BCUT2D eigenvalue weighted by atomic mass is 9.93. The van der Waals surface area contributed by atoms with Crippen molar-refractivity contribution in [1.29, 1.82) is 0 Å². The zero-order chi connectivity index (χ0) is 22.8. The number of carbonyl (C=O) groups is 1. The molecule has 0 unspecified atom stereocenters. The SMILES string of the molecule is CC.CCSc1nc(N)nc(-c2c(OC)cc3c4c(cccc24)COC3)n1.COC=O. The molecule has 1 aliphatic heterocycles. The Kier molecular flexibility index (Phi) is 9.48. The van der Waals surface area contributed by atoms with Crippen LogP contribution in [0.15, 0.2) is 29.4 Å². The van der Waals surface area contributed by atoms with Gasteiger partial charge in [-0.3, -0.25) is 4.79 Å². The third kappa shape index (κ3) is 5.62. The van der Waals surface area contributed by atoms with E-state index in [1.165, 1.54) is 24.3 Å². The number of anilines is 1.